The molecule has 0 aliphatic carbocycles. The summed E-state index contributed by atoms with van der Waals surface area (Å²) in [5.74, 6) is 0.986. The molecule has 0 heterocycles. The molecule has 0 aliphatic heterocycles. The van der Waals surface area contributed by atoms with Crippen molar-refractivity contribution in [1.82, 2.24) is 0 Å². The molecule has 0 spiro atoms. The normalized spacial score (nSPS) is 11.7. The van der Waals surface area contributed by atoms with Crippen LogP contribution in [0.3, 0.4) is 0 Å². The van der Waals surface area contributed by atoms with Crippen LogP contribution in [0.4, 0.5) is 0 Å². The van der Waals surface area contributed by atoms with E-state index in [-0.39, 0.29) is 6.61 Å². The van der Waals surface area contributed by atoms with Crippen molar-refractivity contribution >= 4 is 33.7 Å². The summed E-state index contributed by atoms with van der Waals surface area (Å²) in [5.41, 5.74) is 6.07. The first kappa shape index (κ1) is 26.1. The molecule has 36 heavy (non-hydrogen) atoms. The van der Waals surface area contributed by atoms with E-state index >= 15 is 0 Å². The van der Waals surface area contributed by atoms with Crippen LogP contribution in [-0.2, 0) is 4.79 Å². The molecule has 1 N–H and O–H groups in total. The largest absolute Gasteiger partial charge is 0.482 e. The zero-order chi connectivity index (χ0) is 25.3. The van der Waals surface area contributed by atoms with Crippen molar-refractivity contribution in [3.8, 4) is 16.9 Å². The van der Waals surface area contributed by atoms with Gasteiger partial charge in [-0.2, -0.15) is 0 Å². The van der Waals surface area contributed by atoms with Gasteiger partial charge >= 0.3 is 5.97 Å². The summed E-state index contributed by atoms with van der Waals surface area (Å²) in [5, 5.41) is 8.82. The monoisotopic (exact) mass is 560 g/mol. The SMILES string of the molecule is Cc1cc(SCCCC(c2ccc(Br)cc2)c2ccc(-c3ccccc3)cc2)ccc1OCC(=O)O. The Kier molecular flexibility index (Phi) is 9.26. The van der Waals surface area contributed by atoms with Gasteiger partial charge in [0.25, 0.3) is 0 Å². The average Bonchev–Trinajstić information content (AvgIpc) is 2.89. The maximum absolute atomic E-state index is 10.8. The molecule has 0 saturated carbocycles. The predicted molar refractivity (Wildman–Crippen MR) is 152 cm³/mol. The smallest absolute Gasteiger partial charge is 0.341 e. The Morgan fingerprint density at radius 3 is 2.17 bits per heavy atom. The third-order valence-electron chi connectivity index (χ3n) is 6.10. The molecular formula is C31H29BrO3S. The van der Waals surface area contributed by atoms with Crippen LogP contribution in [0.2, 0.25) is 0 Å². The number of thioether (sulfide) groups is 1. The van der Waals surface area contributed by atoms with Gasteiger partial charge in [0.05, 0.1) is 0 Å². The van der Waals surface area contributed by atoms with Gasteiger partial charge in [0, 0.05) is 15.3 Å². The molecule has 1 atom stereocenters. The molecule has 4 rings (SSSR count). The van der Waals surface area contributed by atoms with Gasteiger partial charge in [0.15, 0.2) is 6.61 Å². The van der Waals surface area contributed by atoms with E-state index in [0.717, 1.165) is 28.6 Å². The minimum absolute atomic E-state index is 0.322. The molecule has 0 aromatic heterocycles. The molecule has 1 unspecified atom stereocenters. The lowest BCUT2D eigenvalue weighted by Crippen LogP contribution is -2.10. The average molecular weight is 562 g/mol. The number of carbonyl (C=O) groups is 1. The maximum atomic E-state index is 10.8. The highest BCUT2D eigenvalue weighted by Crippen LogP contribution is 2.33. The number of ether oxygens (including phenoxy) is 1. The molecule has 0 radical (unpaired) electrons. The number of benzene rings is 4. The van der Waals surface area contributed by atoms with Crippen LogP contribution in [0.1, 0.15) is 35.4 Å². The first-order valence-electron chi connectivity index (χ1n) is 12.0. The van der Waals surface area contributed by atoms with E-state index < -0.39 is 5.97 Å². The number of aliphatic carboxylic acids is 1. The quantitative estimate of drug-likeness (QED) is 0.147. The van der Waals surface area contributed by atoms with E-state index in [1.165, 1.54) is 27.1 Å². The van der Waals surface area contributed by atoms with Crippen molar-refractivity contribution in [2.75, 3.05) is 12.4 Å². The van der Waals surface area contributed by atoms with Crippen molar-refractivity contribution < 1.29 is 14.6 Å². The fourth-order valence-electron chi connectivity index (χ4n) is 4.25. The van der Waals surface area contributed by atoms with Gasteiger partial charge < -0.3 is 9.84 Å². The summed E-state index contributed by atoms with van der Waals surface area (Å²) in [7, 11) is 0. The van der Waals surface area contributed by atoms with Crippen LogP contribution >= 0.6 is 27.7 Å². The van der Waals surface area contributed by atoms with E-state index in [9.17, 15) is 4.79 Å². The molecule has 184 valence electrons. The fraction of sp³-hybridized carbons (Fsp3) is 0.194. The highest BCUT2D eigenvalue weighted by atomic mass is 79.9. The van der Waals surface area contributed by atoms with Gasteiger partial charge in [0.2, 0.25) is 0 Å². The standard InChI is InChI=1S/C31H29BrO3S/c1-22-20-28(17-18-30(22)35-21-31(33)34)36-19-5-8-29(26-13-15-27(32)16-14-26)25-11-9-24(10-12-25)23-6-3-2-4-7-23/h2-4,6-7,9-18,20,29H,5,8,19,21H2,1H3,(H,33,34). The van der Waals surface area contributed by atoms with E-state index in [0.29, 0.717) is 11.7 Å². The number of rotatable bonds is 11. The van der Waals surface area contributed by atoms with Gasteiger partial charge in [-0.1, -0.05) is 82.7 Å². The van der Waals surface area contributed by atoms with Crippen molar-refractivity contribution in [2.45, 2.75) is 30.6 Å². The molecule has 0 fully saturated rings. The zero-order valence-electron chi connectivity index (χ0n) is 20.2. The molecule has 3 nitrogen and oxygen atoms in total. The van der Waals surface area contributed by atoms with Crippen molar-refractivity contribution in [3.63, 3.8) is 0 Å². The van der Waals surface area contributed by atoms with E-state index in [1.807, 2.05) is 36.9 Å². The Morgan fingerprint density at radius 1 is 0.889 bits per heavy atom. The fourth-order valence-corrected chi connectivity index (χ4v) is 5.49. The van der Waals surface area contributed by atoms with Crippen LogP contribution < -0.4 is 4.74 Å². The molecular weight excluding hydrogens is 532 g/mol. The molecule has 4 aromatic carbocycles. The summed E-state index contributed by atoms with van der Waals surface area (Å²) in [6.07, 6.45) is 2.13. The first-order chi connectivity index (χ1) is 17.5. The van der Waals surface area contributed by atoms with Crippen LogP contribution in [0.25, 0.3) is 11.1 Å². The topological polar surface area (TPSA) is 46.5 Å². The van der Waals surface area contributed by atoms with Gasteiger partial charge in [-0.3, -0.25) is 0 Å². The van der Waals surface area contributed by atoms with E-state index in [2.05, 4.69) is 94.8 Å². The zero-order valence-corrected chi connectivity index (χ0v) is 22.6. The Bertz CT molecular complexity index is 1270. The molecule has 0 amide bonds. The van der Waals surface area contributed by atoms with Crippen molar-refractivity contribution in [2.24, 2.45) is 0 Å². The molecule has 5 heteroatoms. The van der Waals surface area contributed by atoms with Crippen LogP contribution in [-0.4, -0.2) is 23.4 Å². The Labute approximate surface area is 225 Å². The second kappa shape index (κ2) is 12.8. The summed E-state index contributed by atoms with van der Waals surface area (Å²) in [6.45, 7) is 1.63. The predicted octanol–water partition coefficient (Wildman–Crippen LogP) is 8.59. The van der Waals surface area contributed by atoms with Gasteiger partial charge in [-0.25, -0.2) is 4.79 Å². The molecule has 0 saturated heterocycles. The Hall–Kier alpha value is -3.02. The van der Waals surface area contributed by atoms with Crippen LogP contribution in [0.15, 0.2) is 106 Å². The summed E-state index contributed by atoms with van der Waals surface area (Å²) in [4.78, 5) is 11.9. The number of hydrogen-bond donors (Lipinski definition) is 1. The highest BCUT2D eigenvalue weighted by Gasteiger charge is 2.15. The van der Waals surface area contributed by atoms with Crippen LogP contribution in [0.5, 0.6) is 5.75 Å². The van der Waals surface area contributed by atoms with E-state index in [4.69, 9.17) is 9.84 Å². The number of aryl methyl sites for hydroxylation is 1. The highest BCUT2D eigenvalue weighted by molar-refractivity contribution is 9.10. The molecule has 0 bridgehead atoms. The van der Waals surface area contributed by atoms with Crippen molar-refractivity contribution in [3.05, 3.63) is 118 Å². The summed E-state index contributed by atoms with van der Waals surface area (Å²) in [6, 6.07) is 34.1. The third kappa shape index (κ3) is 7.25. The molecule has 4 aromatic rings. The van der Waals surface area contributed by atoms with Gasteiger partial charge in [-0.15, -0.1) is 11.8 Å². The first-order valence-corrected chi connectivity index (χ1v) is 13.8. The second-order valence-corrected chi connectivity index (χ2v) is 10.8. The number of halogens is 1. The van der Waals surface area contributed by atoms with Crippen LogP contribution in [0, 0.1) is 6.92 Å². The Morgan fingerprint density at radius 2 is 1.53 bits per heavy atom. The molecule has 0 aliphatic rings. The summed E-state index contributed by atoms with van der Waals surface area (Å²) >= 11 is 5.39. The summed E-state index contributed by atoms with van der Waals surface area (Å²) < 4.78 is 6.43. The Balaban J connectivity index is 1.41. The lowest BCUT2D eigenvalue weighted by atomic mass is 9.87. The lowest BCUT2D eigenvalue weighted by Gasteiger charge is -2.19. The van der Waals surface area contributed by atoms with E-state index in [1.54, 1.807) is 0 Å². The number of carboxylic acid groups (broad SMARTS) is 1. The number of hydrogen-bond acceptors (Lipinski definition) is 3. The number of carboxylic acids is 1. The van der Waals surface area contributed by atoms with Gasteiger partial charge in [-0.05, 0) is 83.7 Å². The van der Waals surface area contributed by atoms with Gasteiger partial charge in [0.1, 0.15) is 5.75 Å². The van der Waals surface area contributed by atoms with Crippen molar-refractivity contribution in [1.29, 1.82) is 0 Å². The lowest BCUT2D eigenvalue weighted by molar-refractivity contribution is -0.139. The third-order valence-corrected chi connectivity index (χ3v) is 7.70. The second-order valence-electron chi connectivity index (χ2n) is 8.69. The minimum atomic E-state index is -0.970. The maximum Gasteiger partial charge on any atom is 0.341 e. The minimum Gasteiger partial charge on any atom is -0.482 e.